The molecule has 52 heavy (non-hydrogen) atoms. The highest BCUT2D eigenvalue weighted by Gasteiger charge is 2.45. The molecule has 8 aromatic rings. The van der Waals surface area contributed by atoms with Crippen molar-refractivity contribution in [2.75, 3.05) is 0 Å². The first-order chi connectivity index (χ1) is 25.7. The van der Waals surface area contributed by atoms with E-state index < -0.39 is 5.41 Å². The summed E-state index contributed by atoms with van der Waals surface area (Å²) in [6.07, 6.45) is 0. The number of aromatic nitrogens is 2. The fourth-order valence-corrected chi connectivity index (χ4v) is 7.39. The van der Waals surface area contributed by atoms with E-state index in [4.69, 9.17) is 21.3 Å². The average molecular weight is 666 g/mol. The molecule has 4 heteroatoms. The molecule has 0 N–H and O–H groups in total. The van der Waals surface area contributed by atoms with Crippen LogP contribution in [0.5, 0.6) is 11.5 Å². The van der Waals surface area contributed by atoms with Crippen LogP contribution < -0.4 is 4.74 Å². The van der Waals surface area contributed by atoms with Crippen molar-refractivity contribution in [2.45, 2.75) is 5.41 Å². The van der Waals surface area contributed by atoms with Crippen LogP contribution in [0.4, 0.5) is 5.69 Å². The second-order valence-electron chi connectivity index (χ2n) is 12.9. The lowest BCUT2D eigenvalue weighted by Gasteiger charge is -2.41. The van der Waals surface area contributed by atoms with E-state index >= 15 is 0 Å². The highest BCUT2D eigenvalue weighted by Crippen LogP contribution is 2.55. The van der Waals surface area contributed by atoms with Crippen molar-refractivity contribution in [1.82, 2.24) is 9.97 Å². The van der Waals surface area contributed by atoms with Crippen molar-refractivity contribution in [1.29, 1.82) is 0 Å². The smallest absolute Gasteiger partial charge is 0.187 e. The third-order valence-corrected chi connectivity index (χ3v) is 9.87. The summed E-state index contributed by atoms with van der Waals surface area (Å²) in [4.78, 5) is 13.6. The van der Waals surface area contributed by atoms with Crippen LogP contribution in [0.25, 0.3) is 49.9 Å². The molecule has 0 saturated carbocycles. The lowest BCUT2D eigenvalue weighted by atomic mass is 9.63. The van der Waals surface area contributed by atoms with Gasteiger partial charge in [-0.05, 0) is 46.0 Å². The van der Waals surface area contributed by atoms with Gasteiger partial charge in [0.25, 0.3) is 0 Å². The van der Waals surface area contributed by atoms with Crippen LogP contribution in [-0.4, -0.2) is 9.97 Å². The van der Waals surface area contributed by atoms with E-state index in [1.165, 1.54) is 11.1 Å². The Morgan fingerprint density at radius 1 is 0.423 bits per heavy atom. The first-order valence-electron chi connectivity index (χ1n) is 17.3. The van der Waals surface area contributed by atoms with Gasteiger partial charge in [-0.15, -0.1) is 0 Å². The number of rotatable bonds is 6. The summed E-state index contributed by atoms with van der Waals surface area (Å²) in [5, 5.41) is 0. The van der Waals surface area contributed by atoms with Gasteiger partial charge in [-0.25, -0.2) is 14.8 Å². The molecule has 0 spiro atoms. The molecule has 1 aliphatic rings. The second kappa shape index (κ2) is 13.0. The summed E-state index contributed by atoms with van der Waals surface area (Å²) < 4.78 is 6.72. The summed E-state index contributed by atoms with van der Waals surface area (Å²) in [6.45, 7) is 7.35. The van der Waals surface area contributed by atoms with E-state index in [1.807, 2.05) is 54.6 Å². The number of ether oxygens (including phenoxy) is 1. The van der Waals surface area contributed by atoms with Crippen molar-refractivity contribution in [3.63, 3.8) is 0 Å². The highest BCUT2D eigenvalue weighted by molar-refractivity contribution is 5.77. The predicted octanol–water partition coefficient (Wildman–Crippen LogP) is 12.2. The van der Waals surface area contributed by atoms with Gasteiger partial charge >= 0.3 is 0 Å². The molecule has 0 bridgehead atoms. The molecule has 2 heterocycles. The van der Waals surface area contributed by atoms with Gasteiger partial charge in [-0.2, -0.15) is 0 Å². The molecular weight excluding hydrogens is 635 g/mol. The Morgan fingerprint density at radius 2 is 0.923 bits per heavy atom. The van der Waals surface area contributed by atoms with Gasteiger partial charge in [-0.1, -0.05) is 170 Å². The molecule has 0 unspecified atom stereocenters. The number of hydrogen-bond acceptors (Lipinski definition) is 3. The van der Waals surface area contributed by atoms with Crippen LogP contribution in [0, 0.1) is 6.57 Å². The Bertz CT molecular complexity index is 2540. The van der Waals surface area contributed by atoms with E-state index in [9.17, 15) is 0 Å². The number of para-hydroxylation sites is 1. The predicted molar refractivity (Wildman–Crippen MR) is 208 cm³/mol. The number of benzene rings is 7. The van der Waals surface area contributed by atoms with Crippen LogP contribution in [0.3, 0.4) is 0 Å². The Balaban J connectivity index is 1.13. The van der Waals surface area contributed by atoms with Gasteiger partial charge in [0.15, 0.2) is 11.5 Å². The van der Waals surface area contributed by atoms with Gasteiger partial charge in [0, 0.05) is 22.3 Å². The molecule has 0 saturated heterocycles. The molecule has 4 nitrogen and oxygen atoms in total. The van der Waals surface area contributed by atoms with Crippen molar-refractivity contribution in [3.05, 3.63) is 222 Å². The molecule has 0 radical (unpaired) electrons. The quantitative estimate of drug-likeness (QED) is 0.166. The third-order valence-electron chi connectivity index (χ3n) is 9.87. The van der Waals surface area contributed by atoms with E-state index in [2.05, 4.69) is 138 Å². The normalized spacial score (nSPS) is 12.5. The van der Waals surface area contributed by atoms with Crippen LogP contribution >= 0.6 is 0 Å². The monoisotopic (exact) mass is 665 g/mol. The molecule has 0 aliphatic carbocycles. The lowest BCUT2D eigenvalue weighted by molar-refractivity contribution is 0.435. The van der Waals surface area contributed by atoms with Gasteiger partial charge < -0.3 is 4.74 Å². The highest BCUT2D eigenvalue weighted by atomic mass is 16.5. The van der Waals surface area contributed by atoms with Crippen LogP contribution in [0.15, 0.2) is 188 Å². The van der Waals surface area contributed by atoms with Gasteiger partial charge in [0.1, 0.15) is 11.5 Å². The fraction of sp³-hybridized carbons (Fsp3) is 0.0208. The minimum Gasteiger partial charge on any atom is -0.457 e. The molecule has 0 fully saturated rings. The fourth-order valence-electron chi connectivity index (χ4n) is 7.39. The first-order valence-corrected chi connectivity index (χ1v) is 17.3. The maximum absolute atomic E-state index is 7.35. The largest absolute Gasteiger partial charge is 0.457 e. The van der Waals surface area contributed by atoms with Crippen LogP contribution in [0.2, 0.25) is 0 Å². The minimum absolute atomic E-state index is 0.551. The molecule has 0 amide bonds. The molecule has 9 rings (SSSR count). The summed E-state index contributed by atoms with van der Waals surface area (Å²) >= 11 is 0. The molecule has 0 atom stereocenters. The van der Waals surface area contributed by atoms with Crippen molar-refractivity contribution >= 4 is 5.69 Å². The van der Waals surface area contributed by atoms with Crippen LogP contribution in [-0.2, 0) is 5.41 Å². The first kappa shape index (κ1) is 30.9. The number of hydrogen-bond donors (Lipinski definition) is 0. The van der Waals surface area contributed by atoms with E-state index in [-0.39, 0.29) is 0 Å². The van der Waals surface area contributed by atoms with Gasteiger partial charge in [0.05, 0.1) is 23.4 Å². The van der Waals surface area contributed by atoms with E-state index in [0.717, 1.165) is 61.8 Å². The summed E-state index contributed by atoms with van der Waals surface area (Å²) in [7, 11) is 0. The zero-order valence-electron chi connectivity index (χ0n) is 28.1. The summed E-state index contributed by atoms with van der Waals surface area (Å²) in [5.74, 6) is 2.32. The zero-order chi connectivity index (χ0) is 34.9. The second-order valence-corrected chi connectivity index (χ2v) is 12.9. The number of nitrogens with zero attached hydrogens (tertiary/aromatic N) is 3. The Morgan fingerprint density at radius 3 is 1.56 bits per heavy atom. The maximum Gasteiger partial charge on any atom is 0.187 e. The van der Waals surface area contributed by atoms with E-state index in [1.54, 1.807) is 0 Å². The third kappa shape index (κ3) is 5.33. The minimum atomic E-state index is -0.551. The molecule has 244 valence electrons. The average Bonchev–Trinajstić information content (AvgIpc) is 3.23. The Kier molecular flexibility index (Phi) is 7.72. The van der Waals surface area contributed by atoms with Crippen LogP contribution in [0.1, 0.15) is 22.3 Å². The van der Waals surface area contributed by atoms with Crippen molar-refractivity contribution in [3.8, 4) is 56.5 Å². The SMILES string of the molecule is [C-]#[N+]c1ccc(-c2cc(-c3ccccc3)nc(-c3ccc(-c4ccc5c(c4)Oc4ccccc4C5(c4ccccc4)c4ccccc4)cc3)n2)cc1. The topological polar surface area (TPSA) is 39.4 Å². The molecule has 1 aromatic heterocycles. The molecule has 1 aliphatic heterocycles. The maximum atomic E-state index is 7.35. The van der Waals surface area contributed by atoms with E-state index in [0.29, 0.717) is 11.5 Å². The summed E-state index contributed by atoms with van der Waals surface area (Å²) in [6, 6.07) is 64.5. The number of fused-ring (bicyclic) bond motifs is 2. The Hall–Kier alpha value is -7.09. The van der Waals surface area contributed by atoms with Gasteiger partial charge in [-0.3, -0.25) is 0 Å². The zero-order valence-corrected chi connectivity index (χ0v) is 28.1. The van der Waals surface area contributed by atoms with Gasteiger partial charge in [0.2, 0.25) is 0 Å². The molecule has 7 aromatic carbocycles. The van der Waals surface area contributed by atoms with Crippen molar-refractivity contribution in [2.24, 2.45) is 0 Å². The summed E-state index contributed by atoms with van der Waals surface area (Å²) in [5.41, 5.74) is 11.3. The lowest BCUT2D eigenvalue weighted by Crippen LogP contribution is -2.34. The Labute approximate surface area is 303 Å². The standard InChI is InChI=1S/C48H31N3O/c1-49-40-28-25-35(26-29-40)44-32-43(34-13-5-2-6-14-34)50-47(51-44)36-23-21-33(22-24-36)37-27-30-42-46(31-37)52-45-20-12-11-19-41(45)48(42,38-15-7-3-8-16-38)39-17-9-4-10-18-39/h2-32H. The molecular formula is C48H31N3O. The van der Waals surface area contributed by atoms with Crippen molar-refractivity contribution < 1.29 is 4.74 Å².